The lowest BCUT2D eigenvalue weighted by atomic mass is 10.3. The zero-order valence-electron chi connectivity index (χ0n) is 5.84. The number of carboxylic acids is 1. The molecule has 1 heterocycles. The van der Waals surface area contributed by atoms with Gasteiger partial charge in [0.25, 0.3) is 0 Å². The van der Waals surface area contributed by atoms with Crippen LogP contribution in [0.5, 0.6) is 0 Å². The average molecular weight is 172 g/mol. The van der Waals surface area contributed by atoms with Crippen molar-refractivity contribution in [2.24, 2.45) is 0 Å². The minimum absolute atomic E-state index is 0.0910. The van der Waals surface area contributed by atoms with E-state index in [-0.39, 0.29) is 10.7 Å². The second kappa shape index (κ2) is 2.88. The number of aryl methyl sites for hydroxylation is 1. The maximum absolute atomic E-state index is 10.4. The second-order valence-electron chi connectivity index (χ2n) is 2.09. The Balaban J connectivity index is 3.23. The van der Waals surface area contributed by atoms with Gasteiger partial charge in [-0.1, -0.05) is 11.6 Å². The van der Waals surface area contributed by atoms with Crippen LogP contribution in [0.15, 0.2) is 12.1 Å². The van der Waals surface area contributed by atoms with Crippen LogP contribution in [0.25, 0.3) is 0 Å². The standard InChI is InChI=1S/C7H6ClNO2/c1-4-2-3-5(8)6(9-4)7(10)11/h2-3H,1H3,(H,10,11). The summed E-state index contributed by atoms with van der Waals surface area (Å²) < 4.78 is 0. The Bertz CT molecular complexity index is 298. The highest BCUT2D eigenvalue weighted by atomic mass is 35.5. The number of carbonyl (C=O) groups is 1. The van der Waals surface area contributed by atoms with Crippen molar-refractivity contribution in [2.75, 3.05) is 0 Å². The van der Waals surface area contributed by atoms with Crippen LogP contribution in [0.4, 0.5) is 0 Å². The lowest BCUT2D eigenvalue weighted by Crippen LogP contribution is -2.01. The van der Waals surface area contributed by atoms with Gasteiger partial charge in [-0.3, -0.25) is 0 Å². The first-order chi connectivity index (χ1) is 5.11. The van der Waals surface area contributed by atoms with Gasteiger partial charge < -0.3 is 5.11 Å². The quantitative estimate of drug-likeness (QED) is 0.700. The molecule has 1 aromatic heterocycles. The van der Waals surface area contributed by atoms with Crippen molar-refractivity contribution >= 4 is 17.6 Å². The van der Waals surface area contributed by atoms with Crippen molar-refractivity contribution in [3.63, 3.8) is 0 Å². The molecule has 0 radical (unpaired) electrons. The van der Waals surface area contributed by atoms with Gasteiger partial charge in [-0.2, -0.15) is 0 Å². The first-order valence-corrected chi connectivity index (χ1v) is 3.35. The molecule has 0 atom stereocenters. The number of pyridine rings is 1. The van der Waals surface area contributed by atoms with Gasteiger partial charge in [0.1, 0.15) is 0 Å². The fraction of sp³-hybridized carbons (Fsp3) is 0.143. The molecule has 0 aliphatic rings. The number of hydrogen-bond acceptors (Lipinski definition) is 2. The number of aromatic nitrogens is 1. The van der Waals surface area contributed by atoms with Gasteiger partial charge in [0.05, 0.1) is 5.02 Å². The molecule has 0 saturated carbocycles. The molecule has 0 unspecified atom stereocenters. The van der Waals surface area contributed by atoms with E-state index in [9.17, 15) is 4.79 Å². The molecule has 0 aromatic carbocycles. The molecular formula is C7H6ClNO2. The topological polar surface area (TPSA) is 50.2 Å². The molecule has 0 aliphatic heterocycles. The molecule has 0 fully saturated rings. The molecule has 3 nitrogen and oxygen atoms in total. The summed E-state index contributed by atoms with van der Waals surface area (Å²) in [7, 11) is 0. The van der Waals surface area contributed by atoms with Crippen molar-refractivity contribution in [3.05, 3.63) is 28.5 Å². The number of nitrogens with zero attached hydrogens (tertiary/aromatic N) is 1. The zero-order valence-corrected chi connectivity index (χ0v) is 6.59. The highest BCUT2D eigenvalue weighted by Gasteiger charge is 2.09. The van der Waals surface area contributed by atoms with Gasteiger partial charge in [0.2, 0.25) is 0 Å². The summed E-state index contributed by atoms with van der Waals surface area (Å²) in [5, 5.41) is 8.71. The third-order valence-corrected chi connectivity index (χ3v) is 1.49. The van der Waals surface area contributed by atoms with Crippen LogP contribution in [-0.2, 0) is 0 Å². The number of rotatable bonds is 1. The molecular weight excluding hydrogens is 166 g/mol. The van der Waals surface area contributed by atoms with E-state index in [2.05, 4.69) is 4.98 Å². The molecule has 1 N–H and O–H groups in total. The predicted octanol–water partition coefficient (Wildman–Crippen LogP) is 1.74. The van der Waals surface area contributed by atoms with Gasteiger partial charge in [0, 0.05) is 5.69 Å². The van der Waals surface area contributed by atoms with E-state index < -0.39 is 5.97 Å². The van der Waals surface area contributed by atoms with Crippen molar-refractivity contribution < 1.29 is 9.90 Å². The van der Waals surface area contributed by atoms with E-state index in [0.29, 0.717) is 5.69 Å². The van der Waals surface area contributed by atoms with Crippen molar-refractivity contribution in [3.8, 4) is 0 Å². The molecule has 4 heteroatoms. The fourth-order valence-corrected chi connectivity index (χ4v) is 0.876. The van der Waals surface area contributed by atoms with Crippen LogP contribution < -0.4 is 0 Å². The molecule has 0 bridgehead atoms. The van der Waals surface area contributed by atoms with Gasteiger partial charge in [-0.25, -0.2) is 9.78 Å². The molecule has 0 amide bonds. The molecule has 0 saturated heterocycles. The van der Waals surface area contributed by atoms with Gasteiger partial charge in [-0.15, -0.1) is 0 Å². The Kier molecular flexibility index (Phi) is 2.10. The first kappa shape index (κ1) is 8.01. The molecule has 58 valence electrons. The Morgan fingerprint density at radius 3 is 2.73 bits per heavy atom. The maximum atomic E-state index is 10.4. The van der Waals surface area contributed by atoms with Gasteiger partial charge >= 0.3 is 5.97 Å². The van der Waals surface area contributed by atoms with E-state index in [1.807, 2.05) is 0 Å². The van der Waals surface area contributed by atoms with Crippen LogP contribution in [0, 0.1) is 6.92 Å². The number of aromatic carboxylic acids is 1. The van der Waals surface area contributed by atoms with Gasteiger partial charge in [-0.05, 0) is 19.1 Å². The normalized spacial score (nSPS) is 9.64. The lowest BCUT2D eigenvalue weighted by Gasteiger charge is -1.97. The SMILES string of the molecule is Cc1ccc(Cl)c(C(=O)O)n1. The summed E-state index contributed by atoms with van der Waals surface area (Å²) in [6.07, 6.45) is 0. The van der Waals surface area contributed by atoms with E-state index in [0.717, 1.165) is 0 Å². The Labute approximate surface area is 68.6 Å². The second-order valence-corrected chi connectivity index (χ2v) is 2.50. The third-order valence-electron chi connectivity index (χ3n) is 1.19. The van der Waals surface area contributed by atoms with Crippen LogP contribution in [0.3, 0.4) is 0 Å². The van der Waals surface area contributed by atoms with Crippen molar-refractivity contribution in [2.45, 2.75) is 6.92 Å². The van der Waals surface area contributed by atoms with Crippen molar-refractivity contribution in [1.29, 1.82) is 0 Å². The smallest absolute Gasteiger partial charge is 0.356 e. The molecule has 1 rings (SSSR count). The van der Waals surface area contributed by atoms with Crippen LogP contribution in [-0.4, -0.2) is 16.1 Å². The molecule has 0 aliphatic carbocycles. The summed E-state index contributed by atoms with van der Waals surface area (Å²) in [4.78, 5) is 14.2. The highest BCUT2D eigenvalue weighted by Crippen LogP contribution is 2.13. The summed E-state index contributed by atoms with van der Waals surface area (Å²) >= 11 is 5.55. The molecule has 1 aromatic rings. The molecule has 11 heavy (non-hydrogen) atoms. The minimum atomic E-state index is -1.10. The van der Waals surface area contributed by atoms with Crippen LogP contribution >= 0.6 is 11.6 Å². The summed E-state index contributed by atoms with van der Waals surface area (Å²) in [6, 6.07) is 3.18. The maximum Gasteiger partial charge on any atom is 0.356 e. The van der Waals surface area contributed by atoms with Crippen LogP contribution in [0.1, 0.15) is 16.2 Å². The van der Waals surface area contributed by atoms with E-state index >= 15 is 0 Å². The van der Waals surface area contributed by atoms with Gasteiger partial charge in [0.15, 0.2) is 5.69 Å². The minimum Gasteiger partial charge on any atom is -0.476 e. The first-order valence-electron chi connectivity index (χ1n) is 2.97. The average Bonchev–Trinajstić information content (AvgIpc) is 1.94. The summed E-state index contributed by atoms with van der Waals surface area (Å²) in [5.74, 6) is -1.10. The van der Waals surface area contributed by atoms with E-state index in [1.54, 1.807) is 13.0 Å². The number of hydrogen-bond donors (Lipinski definition) is 1. The lowest BCUT2D eigenvalue weighted by molar-refractivity contribution is 0.0690. The Morgan fingerprint density at radius 1 is 1.64 bits per heavy atom. The Morgan fingerprint density at radius 2 is 2.27 bits per heavy atom. The summed E-state index contributed by atoms with van der Waals surface area (Å²) in [5.41, 5.74) is 0.554. The zero-order chi connectivity index (χ0) is 8.43. The monoisotopic (exact) mass is 171 g/mol. The van der Waals surface area contributed by atoms with Crippen molar-refractivity contribution in [1.82, 2.24) is 4.98 Å². The van der Waals surface area contributed by atoms with E-state index in [1.165, 1.54) is 6.07 Å². The summed E-state index contributed by atoms with van der Waals surface area (Å²) in [6.45, 7) is 1.71. The third kappa shape index (κ3) is 1.68. The largest absolute Gasteiger partial charge is 0.476 e. The number of carboxylic acid groups (broad SMARTS) is 1. The number of halogens is 1. The highest BCUT2D eigenvalue weighted by molar-refractivity contribution is 6.33. The van der Waals surface area contributed by atoms with Crippen LogP contribution in [0.2, 0.25) is 5.02 Å². The molecule has 0 spiro atoms. The predicted molar refractivity (Wildman–Crippen MR) is 40.9 cm³/mol. The van der Waals surface area contributed by atoms with E-state index in [4.69, 9.17) is 16.7 Å². The fourth-order valence-electron chi connectivity index (χ4n) is 0.690. The Hall–Kier alpha value is -1.09.